The predicted molar refractivity (Wildman–Crippen MR) is 53.3 cm³/mol. The molecule has 0 amide bonds. The largest absolute Gasteiger partial charge is 0.399 e. The zero-order valence-corrected chi connectivity index (χ0v) is 7.84. The van der Waals surface area contributed by atoms with E-state index in [0.29, 0.717) is 0 Å². The summed E-state index contributed by atoms with van der Waals surface area (Å²) in [6.45, 7) is 2.17. The molecule has 0 spiro atoms. The zero-order valence-electron chi connectivity index (χ0n) is 7.03. The first-order valence-corrected chi connectivity index (χ1v) is 4.73. The Hall–Kier alpha value is -0.670. The van der Waals surface area contributed by atoms with Gasteiger partial charge in [-0.1, -0.05) is 13.0 Å². The molecule has 1 aromatic rings. The molecule has 66 valence electrons. The summed E-state index contributed by atoms with van der Waals surface area (Å²) in [6.07, 6.45) is 0. The van der Waals surface area contributed by atoms with E-state index >= 15 is 0 Å². The lowest BCUT2D eigenvalue weighted by molar-refractivity contribution is 0.300. The molecule has 0 saturated heterocycles. The molecule has 0 bridgehead atoms. The van der Waals surface area contributed by atoms with Gasteiger partial charge in [0.15, 0.2) is 0 Å². The first-order valence-electron chi connectivity index (χ1n) is 3.85. The van der Waals surface area contributed by atoms with Gasteiger partial charge in [0.05, 0.1) is 6.61 Å². The van der Waals surface area contributed by atoms with Crippen LogP contribution in [0, 0.1) is 0 Å². The topological polar surface area (TPSA) is 46.2 Å². The molecular weight excluding hydrogens is 170 g/mol. The number of thioether (sulfide) groups is 1. The lowest BCUT2D eigenvalue weighted by Crippen LogP contribution is -2.01. The minimum Gasteiger partial charge on any atom is -0.399 e. The van der Waals surface area contributed by atoms with E-state index in [0.717, 1.165) is 10.6 Å². The fraction of sp³-hybridized carbons (Fsp3) is 0.333. The van der Waals surface area contributed by atoms with E-state index in [4.69, 9.17) is 10.8 Å². The second-order valence-electron chi connectivity index (χ2n) is 2.68. The van der Waals surface area contributed by atoms with E-state index in [1.807, 2.05) is 31.2 Å². The molecule has 0 aromatic heterocycles. The van der Waals surface area contributed by atoms with Crippen LogP contribution in [-0.2, 0) is 0 Å². The van der Waals surface area contributed by atoms with Gasteiger partial charge in [0, 0.05) is 15.8 Å². The Labute approximate surface area is 76.8 Å². The van der Waals surface area contributed by atoms with Crippen molar-refractivity contribution in [2.75, 3.05) is 12.3 Å². The second-order valence-corrected chi connectivity index (χ2v) is 4.20. The number of benzene rings is 1. The van der Waals surface area contributed by atoms with Gasteiger partial charge in [0.2, 0.25) is 0 Å². The van der Waals surface area contributed by atoms with Crippen molar-refractivity contribution in [2.24, 2.45) is 0 Å². The molecule has 3 N–H and O–H groups in total. The molecule has 1 aromatic carbocycles. The molecule has 0 radical (unpaired) electrons. The number of nitrogen functional groups attached to an aromatic ring is 1. The lowest BCUT2D eigenvalue weighted by Gasteiger charge is -2.07. The van der Waals surface area contributed by atoms with E-state index in [-0.39, 0.29) is 11.9 Å². The highest BCUT2D eigenvalue weighted by Gasteiger charge is 2.01. The third kappa shape index (κ3) is 2.75. The SMILES string of the molecule is CC(CO)Sc1cccc(N)c1. The Kier molecular flexibility index (Phi) is 3.44. The van der Waals surface area contributed by atoms with E-state index < -0.39 is 0 Å². The van der Waals surface area contributed by atoms with E-state index in [1.165, 1.54) is 0 Å². The third-order valence-corrected chi connectivity index (χ3v) is 2.53. The lowest BCUT2D eigenvalue weighted by atomic mass is 10.3. The molecule has 1 unspecified atom stereocenters. The molecule has 0 fully saturated rings. The molecule has 12 heavy (non-hydrogen) atoms. The van der Waals surface area contributed by atoms with Crippen LogP contribution in [0.5, 0.6) is 0 Å². The number of hydrogen-bond acceptors (Lipinski definition) is 3. The van der Waals surface area contributed by atoms with Crippen molar-refractivity contribution in [3.63, 3.8) is 0 Å². The molecule has 0 heterocycles. The summed E-state index contributed by atoms with van der Waals surface area (Å²) in [5.41, 5.74) is 6.37. The summed E-state index contributed by atoms with van der Waals surface area (Å²) in [7, 11) is 0. The van der Waals surface area contributed by atoms with E-state index in [1.54, 1.807) is 11.8 Å². The molecule has 1 rings (SSSR count). The minimum absolute atomic E-state index is 0.194. The fourth-order valence-electron chi connectivity index (χ4n) is 0.857. The van der Waals surface area contributed by atoms with Crippen LogP contribution in [0.25, 0.3) is 0 Å². The maximum atomic E-state index is 8.81. The van der Waals surface area contributed by atoms with Crippen LogP contribution in [0.2, 0.25) is 0 Å². The number of nitrogens with two attached hydrogens (primary N) is 1. The molecule has 2 nitrogen and oxygen atoms in total. The van der Waals surface area contributed by atoms with Crippen molar-refractivity contribution < 1.29 is 5.11 Å². The number of aliphatic hydroxyl groups excluding tert-OH is 1. The van der Waals surface area contributed by atoms with Crippen LogP contribution in [0.4, 0.5) is 5.69 Å². The highest BCUT2D eigenvalue weighted by molar-refractivity contribution is 8.00. The summed E-state index contributed by atoms with van der Waals surface area (Å²) >= 11 is 1.63. The Morgan fingerprint density at radius 3 is 2.92 bits per heavy atom. The van der Waals surface area contributed by atoms with Gasteiger partial charge in [-0.15, -0.1) is 11.8 Å². The van der Waals surface area contributed by atoms with Gasteiger partial charge >= 0.3 is 0 Å². The molecule has 1 atom stereocenters. The van der Waals surface area contributed by atoms with Gasteiger partial charge in [-0.25, -0.2) is 0 Å². The average Bonchev–Trinajstić information content (AvgIpc) is 2.04. The summed E-state index contributed by atoms with van der Waals surface area (Å²) in [4.78, 5) is 1.11. The van der Waals surface area contributed by atoms with Crippen LogP contribution in [0.3, 0.4) is 0 Å². The standard InChI is InChI=1S/C9H13NOS/c1-7(6-11)12-9-4-2-3-8(10)5-9/h2-5,7,11H,6,10H2,1H3. The monoisotopic (exact) mass is 183 g/mol. The van der Waals surface area contributed by atoms with Gasteiger partial charge in [0.25, 0.3) is 0 Å². The Morgan fingerprint density at radius 2 is 2.33 bits per heavy atom. The zero-order chi connectivity index (χ0) is 8.97. The third-order valence-electron chi connectivity index (χ3n) is 1.45. The Bertz CT molecular complexity index is 252. The summed E-state index contributed by atoms with van der Waals surface area (Å²) in [5.74, 6) is 0. The van der Waals surface area contributed by atoms with Crippen LogP contribution in [-0.4, -0.2) is 17.0 Å². The molecular formula is C9H13NOS. The highest BCUT2D eigenvalue weighted by Crippen LogP contribution is 2.24. The summed E-state index contributed by atoms with van der Waals surface area (Å²) < 4.78 is 0. The van der Waals surface area contributed by atoms with Crippen molar-refractivity contribution in [1.82, 2.24) is 0 Å². The van der Waals surface area contributed by atoms with Crippen molar-refractivity contribution >= 4 is 17.4 Å². The maximum Gasteiger partial charge on any atom is 0.0550 e. The normalized spacial score (nSPS) is 12.8. The molecule has 3 heteroatoms. The van der Waals surface area contributed by atoms with Gasteiger partial charge < -0.3 is 10.8 Å². The van der Waals surface area contributed by atoms with Gasteiger partial charge in [-0.05, 0) is 18.2 Å². The van der Waals surface area contributed by atoms with Crippen molar-refractivity contribution in [2.45, 2.75) is 17.1 Å². The highest BCUT2D eigenvalue weighted by atomic mass is 32.2. The summed E-state index contributed by atoms with van der Waals surface area (Å²) in [6, 6.07) is 7.68. The van der Waals surface area contributed by atoms with Crippen LogP contribution in [0.1, 0.15) is 6.92 Å². The van der Waals surface area contributed by atoms with E-state index in [9.17, 15) is 0 Å². The van der Waals surface area contributed by atoms with Crippen molar-refractivity contribution in [3.8, 4) is 0 Å². The van der Waals surface area contributed by atoms with Crippen molar-refractivity contribution in [3.05, 3.63) is 24.3 Å². The minimum atomic E-state index is 0.194. The van der Waals surface area contributed by atoms with Gasteiger partial charge in [0.1, 0.15) is 0 Å². The average molecular weight is 183 g/mol. The number of aliphatic hydroxyl groups is 1. The van der Waals surface area contributed by atoms with E-state index in [2.05, 4.69) is 0 Å². The Balaban J connectivity index is 2.63. The molecule has 0 aliphatic rings. The smallest absolute Gasteiger partial charge is 0.0550 e. The van der Waals surface area contributed by atoms with Crippen LogP contribution < -0.4 is 5.73 Å². The second kappa shape index (κ2) is 4.38. The number of anilines is 1. The molecule has 0 aliphatic carbocycles. The predicted octanol–water partition coefficient (Wildman–Crippen LogP) is 1.74. The first-order chi connectivity index (χ1) is 5.72. The van der Waals surface area contributed by atoms with Gasteiger partial charge in [-0.3, -0.25) is 0 Å². The quantitative estimate of drug-likeness (QED) is 0.554. The summed E-state index contributed by atoms with van der Waals surface area (Å²) in [5, 5.41) is 9.04. The van der Waals surface area contributed by atoms with Crippen LogP contribution in [0.15, 0.2) is 29.2 Å². The molecule has 0 saturated carbocycles. The van der Waals surface area contributed by atoms with Crippen LogP contribution >= 0.6 is 11.8 Å². The number of rotatable bonds is 3. The first kappa shape index (κ1) is 9.42. The Morgan fingerprint density at radius 1 is 1.58 bits per heavy atom. The maximum absolute atomic E-state index is 8.81. The van der Waals surface area contributed by atoms with Crippen molar-refractivity contribution in [1.29, 1.82) is 0 Å². The molecule has 0 aliphatic heterocycles. The number of hydrogen-bond donors (Lipinski definition) is 2. The van der Waals surface area contributed by atoms with Gasteiger partial charge in [-0.2, -0.15) is 0 Å². The fourth-order valence-corrected chi connectivity index (χ4v) is 1.76.